The molecule has 0 spiro atoms. The quantitative estimate of drug-likeness (QED) is 0.813. The molecule has 1 saturated carbocycles. The molecule has 0 heterocycles. The van der Waals surface area contributed by atoms with E-state index in [1.807, 2.05) is 30.3 Å². The van der Waals surface area contributed by atoms with Gasteiger partial charge in [-0.1, -0.05) is 45.9 Å². The maximum atomic E-state index is 5.31. The second-order valence-corrected chi connectivity index (χ2v) is 6.61. The minimum absolute atomic E-state index is 0.405. The van der Waals surface area contributed by atoms with Crippen LogP contribution in [0.3, 0.4) is 0 Å². The van der Waals surface area contributed by atoms with Gasteiger partial charge in [0.15, 0.2) is 5.11 Å². The van der Waals surface area contributed by atoms with Crippen LogP contribution in [0.2, 0.25) is 0 Å². The lowest BCUT2D eigenvalue weighted by molar-refractivity contribution is 0.457. The Bertz CT molecular complexity index is 423. The third kappa shape index (κ3) is 2.37. The molecule has 0 saturated heterocycles. The summed E-state index contributed by atoms with van der Waals surface area (Å²) in [5.74, 6) is 0.681. The van der Waals surface area contributed by atoms with Gasteiger partial charge in [0.2, 0.25) is 0 Å². The zero-order chi connectivity index (χ0) is 13.4. The molecule has 1 aliphatic carbocycles. The molecule has 2 rings (SSSR count). The van der Waals surface area contributed by atoms with Crippen LogP contribution in [0.4, 0.5) is 5.69 Å². The van der Waals surface area contributed by atoms with Gasteiger partial charge in [0.25, 0.3) is 0 Å². The van der Waals surface area contributed by atoms with Crippen molar-refractivity contribution in [1.82, 2.24) is 5.32 Å². The van der Waals surface area contributed by atoms with Gasteiger partial charge >= 0.3 is 0 Å². The van der Waals surface area contributed by atoms with Crippen molar-refractivity contribution in [2.24, 2.45) is 16.7 Å². The first-order valence-corrected chi connectivity index (χ1v) is 6.86. The molecule has 1 aliphatic rings. The van der Waals surface area contributed by atoms with Gasteiger partial charge in [-0.15, -0.1) is 0 Å². The van der Waals surface area contributed by atoms with Crippen molar-refractivity contribution in [2.45, 2.75) is 27.7 Å². The average molecular weight is 262 g/mol. The summed E-state index contributed by atoms with van der Waals surface area (Å²) < 4.78 is 0. The van der Waals surface area contributed by atoms with Gasteiger partial charge < -0.3 is 10.6 Å². The molecule has 98 valence electrons. The first kappa shape index (κ1) is 13.3. The van der Waals surface area contributed by atoms with E-state index in [4.69, 9.17) is 12.2 Å². The molecule has 0 radical (unpaired) electrons. The highest BCUT2D eigenvalue weighted by molar-refractivity contribution is 7.80. The lowest BCUT2D eigenvalue weighted by Crippen LogP contribution is -2.31. The van der Waals surface area contributed by atoms with E-state index >= 15 is 0 Å². The van der Waals surface area contributed by atoms with Crippen molar-refractivity contribution in [3.05, 3.63) is 30.3 Å². The predicted octanol–water partition coefficient (Wildman–Crippen LogP) is 3.66. The van der Waals surface area contributed by atoms with Crippen LogP contribution >= 0.6 is 12.2 Å². The number of thiocarbonyl (C=S) groups is 1. The molecule has 0 bridgehead atoms. The van der Waals surface area contributed by atoms with E-state index < -0.39 is 0 Å². The Hall–Kier alpha value is -1.09. The van der Waals surface area contributed by atoms with Gasteiger partial charge in [0.1, 0.15) is 0 Å². The molecule has 1 aromatic carbocycles. The first-order chi connectivity index (χ1) is 8.35. The van der Waals surface area contributed by atoms with E-state index in [-0.39, 0.29) is 0 Å². The van der Waals surface area contributed by atoms with Crippen molar-refractivity contribution in [1.29, 1.82) is 0 Å². The molecule has 0 unspecified atom stereocenters. The van der Waals surface area contributed by atoms with Crippen LogP contribution in [-0.4, -0.2) is 11.7 Å². The summed E-state index contributed by atoms with van der Waals surface area (Å²) in [6.45, 7) is 10.2. The zero-order valence-corrected chi connectivity index (χ0v) is 12.4. The predicted molar refractivity (Wildman–Crippen MR) is 81.7 cm³/mol. The monoisotopic (exact) mass is 262 g/mol. The number of hydrogen-bond donors (Lipinski definition) is 2. The van der Waals surface area contributed by atoms with Gasteiger partial charge in [0.05, 0.1) is 0 Å². The Labute approximate surface area is 115 Å². The number of rotatable bonds is 3. The van der Waals surface area contributed by atoms with E-state index in [2.05, 4.69) is 38.3 Å². The molecule has 0 aliphatic heterocycles. The van der Waals surface area contributed by atoms with Gasteiger partial charge in [-0.3, -0.25) is 0 Å². The Balaban J connectivity index is 1.81. The summed E-state index contributed by atoms with van der Waals surface area (Å²) in [6.07, 6.45) is 0. The molecular weight excluding hydrogens is 240 g/mol. The Kier molecular flexibility index (Phi) is 3.37. The van der Waals surface area contributed by atoms with E-state index in [1.165, 1.54) is 0 Å². The normalized spacial score (nSPS) is 20.2. The topological polar surface area (TPSA) is 24.1 Å². The van der Waals surface area contributed by atoms with Crippen molar-refractivity contribution >= 4 is 23.0 Å². The van der Waals surface area contributed by atoms with Crippen LogP contribution in [0.1, 0.15) is 27.7 Å². The Morgan fingerprint density at radius 2 is 1.67 bits per heavy atom. The maximum Gasteiger partial charge on any atom is 0.170 e. The van der Waals surface area contributed by atoms with Crippen molar-refractivity contribution in [2.75, 3.05) is 11.9 Å². The van der Waals surface area contributed by atoms with E-state index in [0.717, 1.165) is 12.2 Å². The second-order valence-electron chi connectivity index (χ2n) is 6.20. The number of anilines is 1. The van der Waals surface area contributed by atoms with Crippen LogP contribution in [0, 0.1) is 16.7 Å². The third-order valence-electron chi connectivity index (χ3n) is 4.82. The minimum Gasteiger partial charge on any atom is -0.362 e. The molecule has 1 aromatic rings. The molecular formula is C15H22N2S. The summed E-state index contributed by atoms with van der Waals surface area (Å²) in [4.78, 5) is 0. The number of nitrogens with one attached hydrogen (secondary N) is 2. The largest absolute Gasteiger partial charge is 0.362 e. The fraction of sp³-hybridized carbons (Fsp3) is 0.533. The van der Waals surface area contributed by atoms with Crippen molar-refractivity contribution in [3.63, 3.8) is 0 Å². The molecule has 0 amide bonds. The average Bonchev–Trinajstić information content (AvgIpc) is 2.68. The fourth-order valence-electron chi connectivity index (χ4n) is 2.74. The van der Waals surface area contributed by atoms with Crippen LogP contribution < -0.4 is 10.6 Å². The molecule has 3 heteroatoms. The van der Waals surface area contributed by atoms with Gasteiger partial charge in [-0.25, -0.2) is 0 Å². The van der Waals surface area contributed by atoms with Crippen molar-refractivity contribution in [3.8, 4) is 0 Å². The molecule has 18 heavy (non-hydrogen) atoms. The van der Waals surface area contributed by atoms with Crippen molar-refractivity contribution < 1.29 is 0 Å². The fourth-order valence-corrected chi connectivity index (χ4v) is 2.94. The Morgan fingerprint density at radius 1 is 1.11 bits per heavy atom. The maximum absolute atomic E-state index is 5.31. The van der Waals surface area contributed by atoms with Gasteiger partial charge in [0, 0.05) is 12.2 Å². The van der Waals surface area contributed by atoms with E-state index in [9.17, 15) is 0 Å². The highest BCUT2D eigenvalue weighted by atomic mass is 32.1. The SMILES string of the molecule is CC1(C)C(CNC(=S)Nc2ccccc2)C1(C)C. The van der Waals surface area contributed by atoms with Gasteiger partial charge in [-0.05, 0) is 41.1 Å². The second kappa shape index (κ2) is 4.54. The van der Waals surface area contributed by atoms with Crippen LogP contribution in [-0.2, 0) is 0 Å². The third-order valence-corrected chi connectivity index (χ3v) is 5.06. The van der Waals surface area contributed by atoms with Crippen LogP contribution in [0.5, 0.6) is 0 Å². The number of benzene rings is 1. The lowest BCUT2D eigenvalue weighted by atomic mass is 10.0. The number of hydrogen-bond acceptors (Lipinski definition) is 1. The minimum atomic E-state index is 0.405. The molecule has 2 nitrogen and oxygen atoms in total. The zero-order valence-electron chi connectivity index (χ0n) is 11.6. The molecule has 0 atom stereocenters. The van der Waals surface area contributed by atoms with E-state index in [1.54, 1.807) is 0 Å². The smallest absolute Gasteiger partial charge is 0.170 e. The molecule has 2 N–H and O–H groups in total. The summed E-state index contributed by atoms with van der Waals surface area (Å²) in [7, 11) is 0. The number of para-hydroxylation sites is 1. The Morgan fingerprint density at radius 3 is 2.17 bits per heavy atom. The summed E-state index contributed by atoms with van der Waals surface area (Å²) >= 11 is 5.31. The van der Waals surface area contributed by atoms with Gasteiger partial charge in [-0.2, -0.15) is 0 Å². The van der Waals surface area contributed by atoms with Crippen LogP contribution in [0.15, 0.2) is 30.3 Å². The first-order valence-electron chi connectivity index (χ1n) is 6.45. The molecule has 1 fully saturated rings. The summed E-state index contributed by atoms with van der Waals surface area (Å²) in [6, 6.07) is 10.0. The van der Waals surface area contributed by atoms with E-state index in [0.29, 0.717) is 21.9 Å². The van der Waals surface area contributed by atoms with Crippen LogP contribution in [0.25, 0.3) is 0 Å². The highest BCUT2D eigenvalue weighted by Crippen LogP contribution is 2.67. The lowest BCUT2D eigenvalue weighted by Gasteiger charge is -2.11. The highest BCUT2D eigenvalue weighted by Gasteiger charge is 2.64. The molecule has 0 aromatic heterocycles. The standard InChI is InChI=1S/C15H22N2S/c1-14(2)12(15(14,3)4)10-16-13(18)17-11-8-6-5-7-9-11/h5-9,12H,10H2,1-4H3,(H2,16,17,18). The summed E-state index contributed by atoms with van der Waals surface area (Å²) in [5.41, 5.74) is 1.84. The summed E-state index contributed by atoms with van der Waals surface area (Å²) in [5, 5.41) is 7.23.